The number of nitrogens with zero attached hydrogens (tertiary/aromatic N) is 2. The van der Waals surface area contributed by atoms with Crippen LogP contribution < -0.4 is 5.32 Å². The highest BCUT2D eigenvalue weighted by atomic mass is 79.9. The highest BCUT2D eigenvalue weighted by Gasteiger charge is 2.08. The Balaban J connectivity index is 2.22. The third-order valence-corrected chi connectivity index (χ3v) is 2.77. The highest BCUT2D eigenvalue weighted by molar-refractivity contribution is 9.11. The molecule has 0 saturated carbocycles. The molecule has 0 aliphatic rings. The number of fused-ring (bicyclic) bond motifs is 1. The van der Waals surface area contributed by atoms with Gasteiger partial charge in [0.1, 0.15) is 5.65 Å². The molecule has 0 aliphatic carbocycles. The normalized spacial score (nSPS) is 10.9. The zero-order valence-electron chi connectivity index (χ0n) is 8.58. The van der Waals surface area contributed by atoms with Crippen LogP contribution in [0.4, 0.5) is 0 Å². The van der Waals surface area contributed by atoms with Crippen LogP contribution in [0.1, 0.15) is 5.69 Å². The lowest BCUT2D eigenvalue weighted by molar-refractivity contribution is 0.732. The van der Waals surface area contributed by atoms with Crippen LogP contribution >= 0.6 is 27.5 Å². The Kier molecular flexibility index (Phi) is 3.63. The number of nitrogens with one attached hydrogen (secondary N) is 1. The van der Waals surface area contributed by atoms with Gasteiger partial charge in [-0.3, -0.25) is 0 Å². The van der Waals surface area contributed by atoms with Crippen LogP contribution in [0.3, 0.4) is 0 Å². The maximum Gasteiger partial charge on any atom is 0.152 e. The molecule has 0 radical (unpaired) electrons. The van der Waals surface area contributed by atoms with E-state index >= 15 is 0 Å². The van der Waals surface area contributed by atoms with Crippen molar-refractivity contribution in [3.05, 3.63) is 46.3 Å². The van der Waals surface area contributed by atoms with Crippen molar-refractivity contribution in [2.24, 2.45) is 0 Å². The zero-order chi connectivity index (χ0) is 11.5. The fraction of sp³-hybridized carbons (Fsp3) is 0.182. The van der Waals surface area contributed by atoms with Crippen LogP contribution in [0.5, 0.6) is 0 Å². The predicted octanol–water partition coefficient (Wildman–Crippen LogP) is 2.99. The second kappa shape index (κ2) is 4.99. The maximum absolute atomic E-state index is 6.08. The van der Waals surface area contributed by atoms with E-state index in [4.69, 9.17) is 11.6 Å². The van der Waals surface area contributed by atoms with Gasteiger partial charge in [0.15, 0.2) is 5.15 Å². The number of aromatic nitrogens is 2. The van der Waals surface area contributed by atoms with Crippen LogP contribution in [0.2, 0.25) is 5.15 Å². The molecule has 2 rings (SSSR count). The summed E-state index contributed by atoms with van der Waals surface area (Å²) in [5.74, 6) is 0. The van der Waals surface area contributed by atoms with Gasteiger partial charge in [0.25, 0.3) is 0 Å². The number of imidazole rings is 1. The average Bonchev–Trinajstić information content (AvgIpc) is 2.55. The van der Waals surface area contributed by atoms with E-state index < -0.39 is 0 Å². The smallest absolute Gasteiger partial charge is 0.152 e. The first-order chi connectivity index (χ1) is 7.68. The van der Waals surface area contributed by atoms with E-state index in [0.29, 0.717) is 18.2 Å². The van der Waals surface area contributed by atoms with Gasteiger partial charge in [0, 0.05) is 23.8 Å². The predicted molar refractivity (Wildman–Crippen MR) is 70.0 cm³/mol. The van der Waals surface area contributed by atoms with Crippen molar-refractivity contribution in [3.63, 3.8) is 0 Å². The summed E-state index contributed by atoms with van der Waals surface area (Å²) < 4.78 is 2.89. The molecule has 0 aromatic carbocycles. The van der Waals surface area contributed by atoms with Crippen molar-refractivity contribution in [1.82, 2.24) is 14.7 Å². The number of hydrogen-bond donors (Lipinski definition) is 1. The lowest BCUT2D eigenvalue weighted by atomic mass is 10.4. The summed E-state index contributed by atoms with van der Waals surface area (Å²) >= 11 is 9.37. The average molecular weight is 301 g/mol. The maximum atomic E-state index is 6.08. The standard InChI is InChI=1S/C11H11BrClN3/c1-8(12)6-14-7-9-11(13)15-10-4-2-3-5-16(9)10/h2-5,14H,1,6-7H2. The van der Waals surface area contributed by atoms with Gasteiger partial charge in [0.2, 0.25) is 0 Å². The molecule has 0 amide bonds. The molecule has 5 heteroatoms. The van der Waals surface area contributed by atoms with E-state index in [1.807, 2.05) is 28.8 Å². The molecule has 16 heavy (non-hydrogen) atoms. The number of rotatable bonds is 4. The summed E-state index contributed by atoms with van der Waals surface area (Å²) in [6.07, 6.45) is 1.95. The summed E-state index contributed by atoms with van der Waals surface area (Å²) in [4.78, 5) is 4.27. The van der Waals surface area contributed by atoms with Gasteiger partial charge < -0.3 is 9.72 Å². The van der Waals surface area contributed by atoms with Gasteiger partial charge in [-0.25, -0.2) is 4.98 Å². The second-order valence-corrected chi connectivity index (χ2v) is 4.88. The van der Waals surface area contributed by atoms with Gasteiger partial charge in [-0.2, -0.15) is 0 Å². The molecular formula is C11H11BrClN3. The quantitative estimate of drug-likeness (QED) is 0.940. The molecule has 0 aliphatic heterocycles. The zero-order valence-corrected chi connectivity index (χ0v) is 10.9. The summed E-state index contributed by atoms with van der Waals surface area (Å²) in [6, 6.07) is 5.83. The van der Waals surface area contributed by atoms with E-state index in [-0.39, 0.29) is 0 Å². The van der Waals surface area contributed by atoms with Crippen LogP contribution in [-0.4, -0.2) is 15.9 Å². The van der Waals surface area contributed by atoms with Gasteiger partial charge >= 0.3 is 0 Å². The molecule has 84 valence electrons. The van der Waals surface area contributed by atoms with Crippen molar-refractivity contribution in [3.8, 4) is 0 Å². The Hall–Kier alpha value is -0.840. The monoisotopic (exact) mass is 299 g/mol. The summed E-state index contributed by atoms with van der Waals surface area (Å²) in [7, 11) is 0. The van der Waals surface area contributed by atoms with Gasteiger partial charge in [-0.15, -0.1) is 0 Å². The van der Waals surface area contributed by atoms with Gasteiger partial charge in [-0.1, -0.05) is 40.2 Å². The summed E-state index contributed by atoms with van der Waals surface area (Å²) in [5.41, 5.74) is 1.83. The fourth-order valence-corrected chi connectivity index (χ4v) is 1.94. The highest BCUT2D eigenvalue weighted by Crippen LogP contribution is 2.17. The largest absolute Gasteiger partial charge is 0.306 e. The van der Waals surface area contributed by atoms with Crippen LogP contribution in [0, 0.1) is 0 Å². The summed E-state index contributed by atoms with van der Waals surface area (Å²) in [5, 5.41) is 3.77. The molecular weight excluding hydrogens is 289 g/mol. The molecule has 0 unspecified atom stereocenters. The first kappa shape index (κ1) is 11.6. The van der Waals surface area contributed by atoms with Gasteiger partial charge in [0.05, 0.1) is 5.69 Å². The molecule has 0 spiro atoms. The fourth-order valence-electron chi connectivity index (χ4n) is 1.49. The molecule has 2 heterocycles. The minimum absolute atomic E-state index is 0.541. The Morgan fingerprint density at radius 3 is 3.12 bits per heavy atom. The van der Waals surface area contributed by atoms with Crippen LogP contribution in [0.25, 0.3) is 5.65 Å². The Morgan fingerprint density at radius 1 is 1.56 bits per heavy atom. The first-order valence-corrected chi connectivity index (χ1v) is 6.01. The minimum Gasteiger partial charge on any atom is -0.306 e. The second-order valence-electron chi connectivity index (χ2n) is 3.40. The molecule has 0 fully saturated rings. The number of hydrogen-bond acceptors (Lipinski definition) is 2. The topological polar surface area (TPSA) is 29.3 Å². The van der Waals surface area contributed by atoms with E-state index in [0.717, 1.165) is 15.8 Å². The Bertz CT molecular complexity index is 521. The van der Waals surface area contributed by atoms with Gasteiger partial charge in [-0.05, 0) is 12.1 Å². The third kappa shape index (κ3) is 2.45. The van der Waals surface area contributed by atoms with Crippen molar-refractivity contribution in [2.75, 3.05) is 6.54 Å². The molecule has 0 atom stereocenters. The molecule has 2 aromatic heterocycles. The van der Waals surface area contributed by atoms with Crippen molar-refractivity contribution in [2.45, 2.75) is 6.54 Å². The van der Waals surface area contributed by atoms with E-state index in [9.17, 15) is 0 Å². The molecule has 3 nitrogen and oxygen atoms in total. The van der Waals surface area contributed by atoms with Crippen molar-refractivity contribution < 1.29 is 0 Å². The molecule has 0 saturated heterocycles. The van der Waals surface area contributed by atoms with E-state index in [2.05, 4.69) is 32.8 Å². The Morgan fingerprint density at radius 2 is 2.38 bits per heavy atom. The SMILES string of the molecule is C=C(Br)CNCc1c(Cl)nc2ccccn12. The van der Waals surface area contributed by atoms with E-state index in [1.165, 1.54) is 0 Å². The van der Waals surface area contributed by atoms with E-state index in [1.54, 1.807) is 0 Å². The van der Waals surface area contributed by atoms with Crippen LogP contribution in [-0.2, 0) is 6.54 Å². The molecule has 2 aromatic rings. The van der Waals surface area contributed by atoms with Crippen molar-refractivity contribution >= 4 is 33.2 Å². The van der Waals surface area contributed by atoms with Crippen LogP contribution in [0.15, 0.2) is 35.5 Å². The lowest BCUT2D eigenvalue weighted by Crippen LogP contribution is -2.15. The summed E-state index contributed by atoms with van der Waals surface area (Å²) in [6.45, 7) is 5.12. The van der Waals surface area contributed by atoms with Crippen molar-refractivity contribution in [1.29, 1.82) is 0 Å². The Labute approximate surface area is 107 Å². The number of halogens is 2. The minimum atomic E-state index is 0.541. The molecule has 1 N–H and O–H groups in total. The number of pyridine rings is 1. The lowest BCUT2D eigenvalue weighted by Gasteiger charge is -2.04. The molecule has 0 bridgehead atoms. The third-order valence-electron chi connectivity index (χ3n) is 2.19. The first-order valence-electron chi connectivity index (χ1n) is 4.84.